The van der Waals surface area contributed by atoms with Crippen molar-refractivity contribution in [2.75, 3.05) is 6.54 Å². The van der Waals surface area contributed by atoms with E-state index in [0.717, 1.165) is 13.0 Å². The van der Waals surface area contributed by atoms with E-state index in [1.54, 1.807) is 0 Å². The van der Waals surface area contributed by atoms with E-state index in [4.69, 9.17) is 4.74 Å². The molecule has 3 nitrogen and oxygen atoms in total. The highest BCUT2D eigenvalue weighted by Crippen LogP contribution is 2.03. The van der Waals surface area contributed by atoms with Gasteiger partial charge in [-0.25, -0.2) is 0 Å². The van der Waals surface area contributed by atoms with Crippen molar-refractivity contribution in [1.82, 2.24) is 5.32 Å². The fraction of sp³-hybridized carbons (Fsp3) is 0.533. The Kier molecular flexibility index (Phi) is 6.44. The second-order valence-electron chi connectivity index (χ2n) is 4.67. The Balaban J connectivity index is 2.21. The molecule has 0 spiro atoms. The third-order valence-corrected chi connectivity index (χ3v) is 2.67. The van der Waals surface area contributed by atoms with Gasteiger partial charge in [0.05, 0.1) is 0 Å². The maximum atomic E-state index is 11.3. The van der Waals surface area contributed by atoms with Crippen molar-refractivity contribution in [3.8, 4) is 0 Å². The first-order chi connectivity index (χ1) is 8.61. The third kappa shape index (κ3) is 5.82. The Labute approximate surface area is 110 Å². The summed E-state index contributed by atoms with van der Waals surface area (Å²) >= 11 is 0. The van der Waals surface area contributed by atoms with Gasteiger partial charge in [0.15, 0.2) is 0 Å². The summed E-state index contributed by atoms with van der Waals surface area (Å²) in [6, 6.07) is 8.41. The number of ether oxygens (including phenoxy) is 1. The Hall–Kier alpha value is -1.35. The van der Waals surface area contributed by atoms with Crippen LogP contribution in [0.15, 0.2) is 24.3 Å². The van der Waals surface area contributed by atoms with Crippen LogP contribution in [0.5, 0.6) is 0 Å². The van der Waals surface area contributed by atoms with E-state index in [1.807, 2.05) is 13.8 Å². The lowest BCUT2D eigenvalue weighted by atomic mass is 10.1. The quantitative estimate of drug-likeness (QED) is 0.755. The first-order valence-corrected chi connectivity index (χ1v) is 6.57. The molecule has 1 N–H and O–H groups in total. The fourth-order valence-electron chi connectivity index (χ4n) is 1.65. The molecule has 18 heavy (non-hydrogen) atoms. The summed E-state index contributed by atoms with van der Waals surface area (Å²) in [6.07, 6.45) is 1.26. The van der Waals surface area contributed by atoms with Gasteiger partial charge in [-0.1, -0.05) is 36.8 Å². The monoisotopic (exact) mass is 249 g/mol. The fourth-order valence-corrected chi connectivity index (χ4v) is 1.65. The zero-order valence-corrected chi connectivity index (χ0v) is 11.5. The Morgan fingerprint density at radius 3 is 2.61 bits per heavy atom. The molecule has 1 aromatic rings. The van der Waals surface area contributed by atoms with E-state index < -0.39 is 0 Å². The molecule has 0 aromatic heterocycles. The van der Waals surface area contributed by atoms with Gasteiger partial charge in [0, 0.05) is 19.5 Å². The second-order valence-corrected chi connectivity index (χ2v) is 4.67. The highest BCUT2D eigenvalue weighted by Gasteiger charge is 2.07. The summed E-state index contributed by atoms with van der Waals surface area (Å²) in [7, 11) is 0. The summed E-state index contributed by atoms with van der Waals surface area (Å²) in [5, 5.41) is 3.29. The van der Waals surface area contributed by atoms with Crippen LogP contribution in [0.4, 0.5) is 0 Å². The first-order valence-electron chi connectivity index (χ1n) is 6.57. The molecule has 0 saturated heterocycles. The molecule has 0 fully saturated rings. The highest BCUT2D eigenvalue weighted by molar-refractivity contribution is 5.69. The normalized spacial score (nSPS) is 12.2. The summed E-state index contributed by atoms with van der Waals surface area (Å²) in [4.78, 5) is 11.3. The minimum Gasteiger partial charge on any atom is -0.461 e. The molecule has 1 rings (SSSR count). The van der Waals surface area contributed by atoms with Gasteiger partial charge in [-0.3, -0.25) is 4.79 Å². The predicted octanol–water partition coefficient (Wildman–Crippen LogP) is 2.82. The zero-order valence-electron chi connectivity index (χ0n) is 11.5. The third-order valence-electron chi connectivity index (χ3n) is 2.67. The van der Waals surface area contributed by atoms with E-state index in [1.165, 1.54) is 11.1 Å². The summed E-state index contributed by atoms with van der Waals surface area (Å²) in [5.74, 6) is -0.109. The van der Waals surface area contributed by atoms with Gasteiger partial charge in [0.25, 0.3) is 0 Å². The smallest absolute Gasteiger partial charge is 0.306 e. The van der Waals surface area contributed by atoms with E-state index in [0.29, 0.717) is 13.0 Å². The van der Waals surface area contributed by atoms with Crippen LogP contribution in [0.1, 0.15) is 37.8 Å². The molecule has 1 unspecified atom stereocenters. The number of carbonyl (C=O) groups is 1. The van der Waals surface area contributed by atoms with Crippen LogP contribution in [0.2, 0.25) is 0 Å². The molecule has 1 aromatic carbocycles. The van der Waals surface area contributed by atoms with Crippen LogP contribution < -0.4 is 5.32 Å². The topological polar surface area (TPSA) is 38.3 Å². The molecule has 0 aliphatic rings. The zero-order chi connectivity index (χ0) is 13.4. The maximum absolute atomic E-state index is 11.3. The van der Waals surface area contributed by atoms with Gasteiger partial charge >= 0.3 is 5.97 Å². The second kappa shape index (κ2) is 7.88. The van der Waals surface area contributed by atoms with Crippen LogP contribution in [0.3, 0.4) is 0 Å². The van der Waals surface area contributed by atoms with E-state index in [-0.39, 0.29) is 12.1 Å². The number of hydrogen-bond acceptors (Lipinski definition) is 3. The summed E-state index contributed by atoms with van der Waals surface area (Å²) in [6.45, 7) is 7.45. The molecule has 3 heteroatoms. The van der Waals surface area contributed by atoms with Crippen LogP contribution in [0, 0.1) is 6.92 Å². The molecule has 0 amide bonds. The van der Waals surface area contributed by atoms with Crippen molar-refractivity contribution in [3.05, 3.63) is 35.4 Å². The molecular formula is C15H23NO2. The Morgan fingerprint density at radius 1 is 1.33 bits per heavy atom. The van der Waals surface area contributed by atoms with Crippen molar-refractivity contribution in [2.24, 2.45) is 0 Å². The number of carbonyl (C=O) groups excluding carboxylic acids is 1. The molecule has 0 bridgehead atoms. The number of nitrogens with one attached hydrogen (secondary N) is 1. The lowest BCUT2D eigenvalue weighted by molar-refractivity contribution is -0.148. The van der Waals surface area contributed by atoms with E-state index in [2.05, 4.69) is 36.5 Å². The molecule has 100 valence electrons. The number of rotatable bonds is 7. The SMILES string of the molecule is CCCC(=O)OC(C)CNCc1ccc(C)cc1. The van der Waals surface area contributed by atoms with Gasteiger partial charge in [-0.2, -0.15) is 0 Å². The van der Waals surface area contributed by atoms with Gasteiger partial charge in [0.1, 0.15) is 6.10 Å². The Morgan fingerprint density at radius 2 is 2.00 bits per heavy atom. The molecule has 0 saturated carbocycles. The minimum atomic E-state index is -0.109. The standard InChI is InChI=1S/C15H23NO2/c1-4-5-15(17)18-13(3)10-16-11-14-8-6-12(2)7-9-14/h6-9,13,16H,4-5,10-11H2,1-3H3. The van der Waals surface area contributed by atoms with Crippen LogP contribution in [-0.2, 0) is 16.1 Å². The minimum absolute atomic E-state index is 0.0745. The van der Waals surface area contributed by atoms with Crippen molar-refractivity contribution in [3.63, 3.8) is 0 Å². The molecule has 1 atom stereocenters. The lowest BCUT2D eigenvalue weighted by Crippen LogP contribution is -2.28. The molecule has 0 aliphatic heterocycles. The maximum Gasteiger partial charge on any atom is 0.306 e. The molecule has 0 radical (unpaired) electrons. The first kappa shape index (κ1) is 14.7. The van der Waals surface area contributed by atoms with Gasteiger partial charge < -0.3 is 10.1 Å². The van der Waals surface area contributed by atoms with E-state index in [9.17, 15) is 4.79 Å². The molecule has 0 aliphatic carbocycles. The van der Waals surface area contributed by atoms with Gasteiger partial charge in [-0.05, 0) is 25.8 Å². The average molecular weight is 249 g/mol. The van der Waals surface area contributed by atoms with Crippen LogP contribution in [0.25, 0.3) is 0 Å². The molecule has 0 heterocycles. The van der Waals surface area contributed by atoms with Crippen LogP contribution in [-0.4, -0.2) is 18.6 Å². The average Bonchev–Trinajstić information content (AvgIpc) is 2.32. The van der Waals surface area contributed by atoms with Gasteiger partial charge in [0.2, 0.25) is 0 Å². The van der Waals surface area contributed by atoms with E-state index >= 15 is 0 Å². The summed E-state index contributed by atoms with van der Waals surface area (Å²) < 4.78 is 5.25. The number of esters is 1. The van der Waals surface area contributed by atoms with Crippen LogP contribution >= 0.6 is 0 Å². The number of benzene rings is 1. The highest BCUT2D eigenvalue weighted by atomic mass is 16.5. The van der Waals surface area contributed by atoms with Crippen molar-refractivity contribution in [2.45, 2.75) is 46.3 Å². The van der Waals surface area contributed by atoms with Crippen molar-refractivity contribution in [1.29, 1.82) is 0 Å². The van der Waals surface area contributed by atoms with Crippen molar-refractivity contribution >= 4 is 5.97 Å². The number of hydrogen-bond donors (Lipinski definition) is 1. The lowest BCUT2D eigenvalue weighted by Gasteiger charge is -2.14. The number of aryl methyl sites for hydroxylation is 1. The van der Waals surface area contributed by atoms with Crippen molar-refractivity contribution < 1.29 is 9.53 Å². The molecular weight excluding hydrogens is 226 g/mol. The van der Waals surface area contributed by atoms with Gasteiger partial charge in [-0.15, -0.1) is 0 Å². The largest absolute Gasteiger partial charge is 0.461 e. The summed E-state index contributed by atoms with van der Waals surface area (Å²) in [5.41, 5.74) is 2.51. The predicted molar refractivity (Wildman–Crippen MR) is 73.3 cm³/mol. The Bertz CT molecular complexity index is 359.